The molecular formula is C21H21F3N4. The minimum absolute atomic E-state index is 0.0917. The third kappa shape index (κ3) is 4.79. The molecule has 3 rings (SSSR count). The molecule has 0 radical (unpaired) electrons. The molecule has 0 aliphatic heterocycles. The summed E-state index contributed by atoms with van der Waals surface area (Å²) in [7, 11) is 0. The van der Waals surface area contributed by atoms with Gasteiger partial charge in [-0.05, 0) is 42.7 Å². The van der Waals surface area contributed by atoms with Gasteiger partial charge in [0, 0.05) is 17.6 Å². The summed E-state index contributed by atoms with van der Waals surface area (Å²) in [5.74, 6) is -0.185. The van der Waals surface area contributed by atoms with Crippen molar-refractivity contribution in [2.24, 2.45) is 0 Å². The van der Waals surface area contributed by atoms with Crippen LogP contribution in [0.3, 0.4) is 0 Å². The largest absolute Gasteiger partial charge is 0.421 e. The van der Waals surface area contributed by atoms with Crippen LogP contribution in [0.4, 0.5) is 36.3 Å². The summed E-state index contributed by atoms with van der Waals surface area (Å²) >= 11 is 0. The third-order valence-electron chi connectivity index (χ3n) is 4.16. The first-order chi connectivity index (χ1) is 13.4. The zero-order valence-electron chi connectivity index (χ0n) is 15.6. The number of nitrogens with one attached hydrogen (secondary N) is 2. The molecule has 0 aliphatic carbocycles. The lowest BCUT2D eigenvalue weighted by molar-refractivity contribution is -0.137. The first kappa shape index (κ1) is 19.7. The second-order valence-corrected chi connectivity index (χ2v) is 6.48. The fourth-order valence-electron chi connectivity index (χ4n) is 2.85. The Morgan fingerprint density at radius 3 is 2.50 bits per heavy atom. The second kappa shape index (κ2) is 8.29. The lowest BCUT2D eigenvalue weighted by Crippen LogP contribution is -2.13. The number of benzene rings is 2. The van der Waals surface area contributed by atoms with Crippen molar-refractivity contribution in [2.75, 3.05) is 10.6 Å². The van der Waals surface area contributed by atoms with E-state index in [4.69, 9.17) is 0 Å². The van der Waals surface area contributed by atoms with Crippen LogP contribution < -0.4 is 10.6 Å². The molecule has 7 heteroatoms. The van der Waals surface area contributed by atoms with Gasteiger partial charge in [-0.3, -0.25) is 0 Å². The van der Waals surface area contributed by atoms with Crippen molar-refractivity contribution in [3.05, 3.63) is 71.4 Å². The maximum absolute atomic E-state index is 13.5. The monoisotopic (exact) mass is 386 g/mol. The highest BCUT2D eigenvalue weighted by molar-refractivity contribution is 5.65. The van der Waals surface area contributed by atoms with Crippen LogP contribution in [0, 0.1) is 6.92 Å². The fraction of sp³-hybridized carbons (Fsp3) is 0.238. The Balaban J connectivity index is 1.97. The summed E-state index contributed by atoms with van der Waals surface area (Å²) in [4.78, 5) is 7.96. The standard InChI is InChI=1S/C21H21F3N4/c1-3-7-15-9-4-5-11-18(15)27-19-17(21(22,23)24)13-25-20(28-19)26-16-10-6-8-14(2)12-16/h4-6,8-13H,3,7H2,1-2H3,(H2,25,26,27,28). The van der Waals surface area contributed by atoms with Crippen LogP contribution in [0.1, 0.15) is 30.0 Å². The number of anilines is 4. The molecule has 2 N–H and O–H groups in total. The number of para-hydroxylation sites is 1. The summed E-state index contributed by atoms with van der Waals surface area (Å²) in [5.41, 5.74) is 2.36. The van der Waals surface area contributed by atoms with E-state index in [0.717, 1.165) is 30.2 Å². The Morgan fingerprint density at radius 1 is 1.00 bits per heavy atom. The van der Waals surface area contributed by atoms with Crippen LogP contribution in [0.2, 0.25) is 0 Å². The maximum atomic E-state index is 13.5. The van der Waals surface area contributed by atoms with Crippen molar-refractivity contribution in [3.8, 4) is 0 Å². The molecule has 0 saturated heterocycles. The van der Waals surface area contributed by atoms with Crippen molar-refractivity contribution < 1.29 is 13.2 Å². The normalized spacial score (nSPS) is 11.3. The van der Waals surface area contributed by atoms with Gasteiger partial charge in [-0.1, -0.05) is 43.7 Å². The number of aromatic nitrogens is 2. The average Bonchev–Trinajstić information content (AvgIpc) is 2.63. The van der Waals surface area contributed by atoms with Crippen LogP contribution in [0.15, 0.2) is 54.7 Å². The molecule has 0 amide bonds. The summed E-state index contributed by atoms with van der Waals surface area (Å²) in [6, 6.07) is 14.7. The van der Waals surface area contributed by atoms with Crippen LogP contribution in [0.5, 0.6) is 0 Å². The van der Waals surface area contributed by atoms with Crippen molar-refractivity contribution in [3.63, 3.8) is 0 Å². The van der Waals surface area contributed by atoms with Gasteiger partial charge in [0.2, 0.25) is 5.95 Å². The van der Waals surface area contributed by atoms with Gasteiger partial charge in [-0.25, -0.2) is 4.98 Å². The van der Waals surface area contributed by atoms with E-state index in [9.17, 15) is 13.2 Å². The van der Waals surface area contributed by atoms with E-state index in [1.807, 2.05) is 44.2 Å². The summed E-state index contributed by atoms with van der Waals surface area (Å²) in [6.07, 6.45) is -2.13. The average molecular weight is 386 g/mol. The van der Waals surface area contributed by atoms with Gasteiger partial charge in [0.15, 0.2) is 0 Å². The van der Waals surface area contributed by atoms with Crippen LogP contribution in [-0.4, -0.2) is 9.97 Å². The van der Waals surface area contributed by atoms with E-state index in [-0.39, 0.29) is 11.8 Å². The van der Waals surface area contributed by atoms with Crippen LogP contribution >= 0.6 is 0 Å². The molecule has 0 fully saturated rings. The molecule has 4 nitrogen and oxygen atoms in total. The Labute approximate surface area is 161 Å². The molecule has 1 aromatic heterocycles. The number of hydrogen-bond acceptors (Lipinski definition) is 4. The van der Waals surface area contributed by atoms with E-state index in [1.54, 1.807) is 18.2 Å². The molecule has 0 bridgehead atoms. The summed E-state index contributed by atoms with van der Waals surface area (Å²) in [6.45, 7) is 3.95. The minimum Gasteiger partial charge on any atom is -0.339 e. The minimum atomic E-state index is -4.57. The predicted octanol–water partition coefficient (Wildman–Crippen LogP) is 6.24. The Hall–Kier alpha value is -3.09. The van der Waals surface area contributed by atoms with E-state index < -0.39 is 11.7 Å². The number of nitrogens with zero attached hydrogens (tertiary/aromatic N) is 2. The zero-order chi connectivity index (χ0) is 20.1. The van der Waals surface area contributed by atoms with E-state index in [1.165, 1.54) is 0 Å². The number of halogens is 3. The topological polar surface area (TPSA) is 49.8 Å². The number of hydrogen-bond donors (Lipinski definition) is 2. The predicted molar refractivity (Wildman–Crippen MR) is 105 cm³/mol. The molecular weight excluding hydrogens is 365 g/mol. The molecule has 0 unspecified atom stereocenters. The smallest absolute Gasteiger partial charge is 0.339 e. The molecule has 0 atom stereocenters. The first-order valence-electron chi connectivity index (χ1n) is 8.99. The van der Waals surface area contributed by atoms with E-state index in [0.29, 0.717) is 11.4 Å². The Bertz CT molecular complexity index is 954. The highest BCUT2D eigenvalue weighted by Gasteiger charge is 2.35. The highest BCUT2D eigenvalue weighted by atomic mass is 19.4. The molecule has 3 aromatic rings. The molecule has 146 valence electrons. The first-order valence-corrected chi connectivity index (χ1v) is 8.99. The van der Waals surface area contributed by atoms with E-state index >= 15 is 0 Å². The lowest BCUT2D eigenvalue weighted by atomic mass is 10.1. The quantitative estimate of drug-likeness (QED) is 0.526. The molecule has 0 spiro atoms. The van der Waals surface area contributed by atoms with Gasteiger partial charge >= 0.3 is 6.18 Å². The van der Waals surface area contributed by atoms with Gasteiger partial charge in [0.05, 0.1) is 0 Å². The molecule has 28 heavy (non-hydrogen) atoms. The van der Waals surface area contributed by atoms with Crippen molar-refractivity contribution >= 4 is 23.1 Å². The number of aryl methyl sites for hydroxylation is 2. The van der Waals surface area contributed by atoms with Gasteiger partial charge in [-0.15, -0.1) is 0 Å². The fourth-order valence-corrected chi connectivity index (χ4v) is 2.85. The van der Waals surface area contributed by atoms with Gasteiger partial charge in [0.1, 0.15) is 11.4 Å². The second-order valence-electron chi connectivity index (χ2n) is 6.48. The highest BCUT2D eigenvalue weighted by Crippen LogP contribution is 2.36. The van der Waals surface area contributed by atoms with Gasteiger partial charge in [-0.2, -0.15) is 18.2 Å². The summed E-state index contributed by atoms with van der Waals surface area (Å²) in [5, 5.41) is 5.82. The Kier molecular flexibility index (Phi) is 5.82. The Morgan fingerprint density at radius 2 is 1.79 bits per heavy atom. The summed E-state index contributed by atoms with van der Waals surface area (Å²) < 4.78 is 40.4. The van der Waals surface area contributed by atoms with Crippen molar-refractivity contribution in [1.29, 1.82) is 0 Å². The van der Waals surface area contributed by atoms with Crippen molar-refractivity contribution in [2.45, 2.75) is 32.9 Å². The SMILES string of the molecule is CCCc1ccccc1Nc1nc(Nc2cccc(C)c2)ncc1C(F)(F)F. The van der Waals surface area contributed by atoms with Gasteiger partial charge in [0.25, 0.3) is 0 Å². The van der Waals surface area contributed by atoms with Crippen molar-refractivity contribution in [1.82, 2.24) is 9.97 Å². The molecule has 1 heterocycles. The number of alkyl halides is 3. The van der Waals surface area contributed by atoms with Crippen LogP contribution in [-0.2, 0) is 12.6 Å². The maximum Gasteiger partial charge on any atom is 0.421 e. The third-order valence-corrected chi connectivity index (χ3v) is 4.16. The number of rotatable bonds is 6. The molecule has 0 aliphatic rings. The molecule has 2 aromatic carbocycles. The van der Waals surface area contributed by atoms with E-state index in [2.05, 4.69) is 20.6 Å². The molecule has 0 saturated carbocycles. The van der Waals surface area contributed by atoms with Gasteiger partial charge < -0.3 is 10.6 Å². The lowest BCUT2D eigenvalue weighted by Gasteiger charge is -2.16. The van der Waals surface area contributed by atoms with Crippen LogP contribution in [0.25, 0.3) is 0 Å². The zero-order valence-corrected chi connectivity index (χ0v) is 15.6.